The van der Waals surface area contributed by atoms with Gasteiger partial charge in [-0.25, -0.2) is 4.98 Å². The number of amides is 1. The predicted molar refractivity (Wildman–Crippen MR) is 61.6 cm³/mol. The Kier molecular flexibility index (Phi) is 3.20. The smallest absolute Gasteiger partial charge is 0.257 e. The first-order valence-corrected chi connectivity index (χ1v) is 5.84. The normalized spacial score (nSPS) is 19.5. The van der Waals surface area contributed by atoms with Crippen molar-refractivity contribution in [2.45, 2.75) is 18.9 Å². The van der Waals surface area contributed by atoms with Gasteiger partial charge in [0, 0.05) is 12.7 Å². The molecule has 0 bridgehead atoms. The van der Waals surface area contributed by atoms with Gasteiger partial charge in [0.1, 0.15) is 10.6 Å². The van der Waals surface area contributed by atoms with E-state index in [9.17, 15) is 4.79 Å². The number of aromatic nitrogens is 1. The standard InChI is InChI=1S/C11H10BrN3O/c12-10-9(4-1-5-14-10)11(16)15-6-2-3-8(15)7-13/h1,4-5,8H,2-3,6H2. The van der Waals surface area contributed by atoms with E-state index >= 15 is 0 Å². The molecule has 16 heavy (non-hydrogen) atoms. The Morgan fingerprint density at radius 2 is 2.50 bits per heavy atom. The maximum Gasteiger partial charge on any atom is 0.257 e. The molecule has 0 aliphatic carbocycles. The molecule has 2 rings (SSSR count). The third-order valence-corrected chi connectivity index (χ3v) is 3.28. The van der Waals surface area contributed by atoms with Crippen molar-refractivity contribution in [3.63, 3.8) is 0 Å². The fourth-order valence-corrected chi connectivity index (χ4v) is 2.26. The van der Waals surface area contributed by atoms with E-state index in [-0.39, 0.29) is 11.9 Å². The number of rotatable bonds is 1. The number of hydrogen-bond acceptors (Lipinski definition) is 3. The lowest BCUT2D eigenvalue weighted by Gasteiger charge is -2.19. The Labute approximate surface area is 102 Å². The summed E-state index contributed by atoms with van der Waals surface area (Å²) < 4.78 is 0.531. The summed E-state index contributed by atoms with van der Waals surface area (Å²) in [6, 6.07) is 5.29. The Bertz CT molecular complexity index is 455. The minimum Gasteiger partial charge on any atom is -0.323 e. The zero-order valence-electron chi connectivity index (χ0n) is 8.56. The Balaban J connectivity index is 2.26. The van der Waals surface area contributed by atoms with Crippen LogP contribution in [0.3, 0.4) is 0 Å². The number of nitrogens with zero attached hydrogens (tertiary/aromatic N) is 3. The number of carbonyl (C=O) groups is 1. The number of nitriles is 1. The molecule has 82 valence electrons. The number of halogens is 1. The molecule has 0 spiro atoms. The molecule has 1 aliphatic heterocycles. The lowest BCUT2D eigenvalue weighted by atomic mass is 10.2. The van der Waals surface area contributed by atoms with Gasteiger partial charge in [0.05, 0.1) is 11.6 Å². The molecule has 5 heteroatoms. The van der Waals surface area contributed by atoms with Crippen LogP contribution in [0.2, 0.25) is 0 Å². The van der Waals surface area contributed by atoms with Crippen molar-refractivity contribution in [2.24, 2.45) is 0 Å². The number of likely N-dealkylation sites (tertiary alicyclic amines) is 1. The quantitative estimate of drug-likeness (QED) is 0.739. The van der Waals surface area contributed by atoms with Gasteiger partial charge in [0.15, 0.2) is 0 Å². The maximum atomic E-state index is 12.1. The van der Waals surface area contributed by atoms with Crippen molar-refractivity contribution in [3.05, 3.63) is 28.5 Å². The number of pyridine rings is 1. The van der Waals surface area contributed by atoms with E-state index < -0.39 is 0 Å². The third kappa shape index (κ3) is 1.93. The SMILES string of the molecule is N#CC1CCCN1C(=O)c1cccnc1Br. The molecule has 0 radical (unpaired) electrons. The largest absolute Gasteiger partial charge is 0.323 e. The average Bonchev–Trinajstić information content (AvgIpc) is 2.77. The Morgan fingerprint density at radius 3 is 3.19 bits per heavy atom. The highest BCUT2D eigenvalue weighted by Gasteiger charge is 2.30. The van der Waals surface area contributed by atoms with Crippen molar-refractivity contribution >= 4 is 21.8 Å². The van der Waals surface area contributed by atoms with E-state index in [1.165, 1.54) is 0 Å². The van der Waals surface area contributed by atoms with Crippen molar-refractivity contribution in [3.8, 4) is 6.07 Å². The summed E-state index contributed by atoms with van der Waals surface area (Å²) in [6.07, 6.45) is 3.27. The van der Waals surface area contributed by atoms with E-state index in [4.69, 9.17) is 5.26 Å². The highest BCUT2D eigenvalue weighted by atomic mass is 79.9. The molecule has 1 atom stereocenters. The second-order valence-electron chi connectivity index (χ2n) is 3.63. The van der Waals surface area contributed by atoms with Crippen LogP contribution < -0.4 is 0 Å². The molecular formula is C11H10BrN3O. The van der Waals surface area contributed by atoms with Gasteiger partial charge in [-0.15, -0.1) is 0 Å². The second-order valence-corrected chi connectivity index (χ2v) is 4.38. The van der Waals surface area contributed by atoms with Crippen LogP contribution >= 0.6 is 15.9 Å². The van der Waals surface area contributed by atoms with Crippen LogP contribution in [0.25, 0.3) is 0 Å². The van der Waals surface area contributed by atoms with E-state index in [0.717, 1.165) is 12.8 Å². The first-order valence-electron chi connectivity index (χ1n) is 5.05. The lowest BCUT2D eigenvalue weighted by molar-refractivity contribution is 0.0763. The lowest BCUT2D eigenvalue weighted by Crippen LogP contribution is -2.34. The molecule has 1 saturated heterocycles. The molecule has 0 N–H and O–H groups in total. The summed E-state index contributed by atoms with van der Waals surface area (Å²) in [7, 11) is 0. The van der Waals surface area contributed by atoms with E-state index in [0.29, 0.717) is 16.7 Å². The van der Waals surface area contributed by atoms with E-state index in [2.05, 4.69) is 27.0 Å². The molecule has 0 aromatic carbocycles. The minimum absolute atomic E-state index is 0.121. The summed E-state index contributed by atoms with van der Waals surface area (Å²) >= 11 is 3.24. The van der Waals surface area contributed by atoms with Gasteiger partial charge < -0.3 is 4.90 Å². The summed E-state index contributed by atoms with van der Waals surface area (Å²) in [5.74, 6) is -0.121. The molecule has 1 aromatic heterocycles. The fourth-order valence-electron chi connectivity index (χ4n) is 1.84. The molecule has 1 fully saturated rings. The topological polar surface area (TPSA) is 57.0 Å². The summed E-state index contributed by atoms with van der Waals surface area (Å²) in [6.45, 7) is 0.651. The minimum atomic E-state index is -0.292. The summed E-state index contributed by atoms with van der Waals surface area (Å²) in [4.78, 5) is 17.8. The molecule has 1 aliphatic rings. The summed E-state index contributed by atoms with van der Waals surface area (Å²) in [5, 5.41) is 8.93. The van der Waals surface area contributed by atoms with Crippen LogP contribution in [0.4, 0.5) is 0 Å². The van der Waals surface area contributed by atoms with Crippen molar-refractivity contribution in [1.82, 2.24) is 9.88 Å². The Morgan fingerprint density at radius 1 is 1.69 bits per heavy atom. The van der Waals surface area contributed by atoms with Gasteiger partial charge in [-0.2, -0.15) is 5.26 Å². The van der Waals surface area contributed by atoms with Crippen molar-refractivity contribution in [2.75, 3.05) is 6.54 Å². The maximum absolute atomic E-state index is 12.1. The number of carbonyl (C=O) groups excluding carboxylic acids is 1. The molecule has 1 unspecified atom stereocenters. The molecular weight excluding hydrogens is 270 g/mol. The first-order chi connectivity index (χ1) is 7.74. The van der Waals surface area contributed by atoms with Crippen LogP contribution in [0, 0.1) is 11.3 Å². The zero-order valence-corrected chi connectivity index (χ0v) is 10.1. The van der Waals surface area contributed by atoms with Gasteiger partial charge in [0.25, 0.3) is 5.91 Å². The van der Waals surface area contributed by atoms with Crippen LogP contribution in [-0.2, 0) is 0 Å². The zero-order chi connectivity index (χ0) is 11.5. The summed E-state index contributed by atoms with van der Waals surface area (Å²) in [5.41, 5.74) is 0.518. The van der Waals surface area contributed by atoms with Crippen LogP contribution in [0.5, 0.6) is 0 Å². The molecule has 1 aromatic rings. The molecule has 4 nitrogen and oxygen atoms in total. The highest BCUT2D eigenvalue weighted by molar-refractivity contribution is 9.10. The van der Waals surface area contributed by atoms with Gasteiger partial charge in [-0.3, -0.25) is 4.79 Å². The van der Waals surface area contributed by atoms with Crippen LogP contribution in [0.1, 0.15) is 23.2 Å². The van der Waals surface area contributed by atoms with Gasteiger partial charge in [-0.05, 0) is 40.9 Å². The van der Waals surface area contributed by atoms with E-state index in [1.807, 2.05) is 0 Å². The Hall–Kier alpha value is -1.41. The van der Waals surface area contributed by atoms with Crippen LogP contribution in [0.15, 0.2) is 22.9 Å². The second kappa shape index (κ2) is 4.62. The molecule has 1 amide bonds. The fraction of sp³-hybridized carbons (Fsp3) is 0.364. The average molecular weight is 280 g/mol. The third-order valence-electron chi connectivity index (χ3n) is 2.65. The molecule has 2 heterocycles. The van der Waals surface area contributed by atoms with Crippen LogP contribution in [-0.4, -0.2) is 28.4 Å². The predicted octanol–water partition coefficient (Wildman–Crippen LogP) is 1.97. The first kappa shape index (κ1) is 11.1. The molecule has 0 saturated carbocycles. The van der Waals surface area contributed by atoms with Gasteiger partial charge in [0.2, 0.25) is 0 Å². The highest BCUT2D eigenvalue weighted by Crippen LogP contribution is 2.22. The van der Waals surface area contributed by atoms with E-state index in [1.54, 1.807) is 23.2 Å². The van der Waals surface area contributed by atoms with Gasteiger partial charge in [-0.1, -0.05) is 0 Å². The monoisotopic (exact) mass is 279 g/mol. The van der Waals surface area contributed by atoms with Gasteiger partial charge >= 0.3 is 0 Å². The van der Waals surface area contributed by atoms with Crippen molar-refractivity contribution < 1.29 is 4.79 Å². The number of hydrogen-bond donors (Lipinski definition) is 0. The van der Waals surface area contributed by atoms with Crippen molar-refractivity contribution in [1.29, 1.82) is 5.26 Å².